The molecule has 40 heavy (non-hydrogen) atoms. The molecule has 202 valence electrons. The fourth-order valence-corrected chi connectivity index (χ4v) is 5.76. The number of carbonyl (C=O) groups excluding carboxylic acids is 1. The molecule has 0 N–H and O–H groups in total. The van der Waals surface area contributed by atoms with Gasteiger partial charge in [0.2, 0.25) is 0 Å². The van der Waals surface area contributed by atoms with E-state index in [-0.39, 0.29) is 23.3 Å². The fourth-order valence-electron chi connectivity index (χ4n) is 5.76. The maximum Gasteiger partial charge on any atom is 0.347 e. The van der Waals surface area contributed by atoms with Crippen LogP contribution in [0.1, 0.15) is 40.7 Å². The van der Waals surface area contributed by atoms with Crippen LogP contribution in [-0.2, 0) is 0 Å². The minimum Gasteiger partial charge on any atom is -0.422 e. The zero-order valence-electron chi connectivity index (χ0n) is 23.0. The van der Waals surface area contributed by atoms with Gasteiger partial charge in [-0.2, -0.15) is 10.5 Å². The van der Waals surface area contributed by atoms with Crippen LogP contribution in [0.3, 0.4) is 0 Å². The minimum absolute atomic E-state index is 0.00573. The molecule has 0 spiro atoms. The number of benzene rings is 2. The van der Waals surface area contributed by atoms with Gasteiger partial charge in [0.15, 0.2) is 5.78 Å². The van der Waals surface area contributed by atoms with Crippen molar-refractivity contribution < 1.29 is 9.21 Å². The van der Waals surface area contributed by atoms with Gasteiger partial charge in [0.05, 0.1) is 0 Å². The summed E-state index contributed by atoms with van der Waals surface area (Å²) in [6.07, 6.45) is 3.34. The van der Waals surface area contributed by atoms with Crippen molar-refractivity contribution in [1.29, 1.82) is 10.5 Å². The molecule has 3 aromatic rings. The molecule has 3 heterocycles. The van der Waals surface area contributed by atoms with Gasteiger partial charge in [-0.05, 0) is 54.4 Å². The maximum absolute atomic E-state index is 13.8. The highest BCUT2D eigenvalue weighted by atomic mass is 16.4. The van der Waals surface area contributed by atoms with Crippen LogP contribution in [0.4, 0.5) is 11.4 Å². The van der Waals surface area contributed by atoms with Crippen LogP contribution in [0, 0.1) is 29.6 Å². The van der Waals surface area contributed by atoms with Gasteiger partial charge in [-0.3, -0.25) is 4.79 Å². The second kappa shape index (κ2) is 11.2. The monoisotopic (exact) mass is 533 g/mol. The van der Waals surface area contributed by atoms with Crippen molar-refractivity contribution in [2.24, 2.45) is 0 Å². The number of allylic oxidation sites excluding steroid dienone is 3. The van der Waals surface area contributed by atoms with Crippen molar-refractivity contribution in [3.63, 3.8) is 0 Å². The normalized spacial score (nSPS) is 17.0. The summed E-state index contributed by atoms with van der Waals surface area (Å²) in [4.78, 5) is 33.6. The Bertz CT molecular complexity index is 1660. The van der Waals surface area contributed by atoms with Crippen LogP contribution >= 0.6 is 0 Å². The third kappa shape index (κ3) is 5.02. The molecule has 1 atom stereocenters. The Kier molecular flexibility index (Phi) is 7.55. The lowest BCUT2D eigenvalue weighted by Gasteiger charge is -2.35. The van der Waals surface area contributed by atoms with Gasteiger partial charge in [-0.1, -0.05) is 25.1 Å². The van der Waals surface area contributed by atoms with Gasteiger partial charge in [0, 0.05) is 74.6 Å². The third-order valence-corrected chi connectivity index (χ3v) is 7.99. The van der Waals surface area contributed by atoms with Crippen LogP contribution in [0.2, 0.25) is 0 Å². The first-order valence-electron chi connectivity index (χ1n) is 13.5. The molecule has 0 amide bonds. The first-order valence-corrected chi connectivity index (χ1v) is 13.5. The molecule has 1 unspecified atom stereocenters. The van der Waals surface area contributed by atoms with Gasteiger partial charge in [-0.25, -0.2) is 4.79 Å². The number of hydrogen-bond acceptors (Lipinski definition) is 8. The van der Waals surface area contributed by atoms with Crippen molar-refractivity contribution in [2.45, 2.75) is 26.2 Å². The van der Waals surface area contributed by atoms with Crippen LogP contribution < -0.4 is 15.4 Å². The highest BCUT2D eigenvalue weighted by Gasteiger charge is 2.30. The lowest BCUT2D eigenvalue weighted by Crippen LogP contribution is -2.46. The summed E-state index contributed by atoms with van der Waals surface area (Å²) in [5.41, 5.74) is 3.86. The predicted molar refractivity (Wildman–Crippen MR) is 155 cm³/mol. The summed E-state index contributed by atoms with van der Waals surface area (Å²) >= 11 is 0. The molecule has 8 heteroatoms. The fraction of sp³-hybridized carbons (Fsp3) is 0.312. The number of Topliss-reactive ketones (excluding diaryl/α,β-unsaturated/α-hetero) is 1. The Morgan fingerprint density at radius 3 is 2.52 bits per heavy atom. The summed E-state index contributed by atoms with van der Waals surface area (Å²) in [5, 5.41) is 19.4. The molecule has 0 aliphatic carbocycles. The average Bonchev–Trinajstić information content (AvgIpc) is 2.97. The van der Waals surface area contributed by atoms with Crippen molar-refractivity contribution in [3.8, 4) is 12.1 Å². The maximum atomic E-state index is 13.8. The average molecular weight is 534 g/mol. The Morgan fingerprint density at radius 1 is 1.10 bits per heavy atom. The van der Waals surface area contributed by atoms with Crippen LogP contribution in [0.25, 0.3) is 11.0 Å². The number of para-hydroxylation sites is 1. The van der Waals surface area contributed by atoms with E-state index in [4.69, 9.17) is 4.42 Å². The number of carbonyl (C=O) groups is 1. The van der Waals surface area contributed by atoms with E-state index in [1.807, 2.05) is 72.8 Å². The Morgan fingerprint density at radius 2 is 1.82 bits per heavy atom. The molecule has 1 aromatic heterocycles. The van der Waals surface area contributed by atoms with E-state index in [1.165, 1.54) is 6.08 Å². The quantitative estimate of drug-likeness (QED) is 0.250. The van der Waals surface area contributed by atoms with Gasteiger partial charge < -0.3 is 19.1 Å². The number of likely N-dealkylation sites (N-methyl/N-ethyl adjacent to an activating group) is 1. The smallest absolute Gasteiger partial charge is 0.347 e. The van der Waals surface area contributed by atoms with Crippen LogP contribution in [-0.4, -0.2) is 50.5 Å². The van der Waals surface area contributed by atoms with E-state index < -0.39 is 11.5 Å². The molecule has 2 aliphatic rings. The summed E-state index contributed by atoms with van der Waals surface area (Å²) < 4.78 is 5.74. The lowest BCUT2D eigenvalue weighted by atomic mass is 9.81. The number of anilines is 2. The molecule has 5 rings (SSSR count). The molecule has 2 aromatic carbocycles. The number of nitrogens with zero attached hydrogens (tertiary/aromatic N) is 5. The van der Waals surface area contributed by atoms with E-state index in [9.17, 15) is 20.1 Å². The Hall–Kier alpha value is -4.66. The van der Waals surface area contributed by atoms with Crippen molar-refractivity contribution in [2.75, 3.05) is 49.6 Å². The highest BCUT2D eigenvalue weighted by molar-refractivity contribution is 6.01. The van der Waals surface area contributed by atoms with E-state index in [0.717, 1.165) is 55.0 Å². The number of aryl methyl sites for hydroxylation is 1. The number of rotatable bonds is 6. The molecule has 1 saturated heterocycles. The molecule has 8 nitrogen and oxygen atoms in total. The topological polar surface area (TPSA) is 105 Å². The second-order valence-corrected chi connectivity index (χ2v) is 10.3. The highest BCUT2D eigenvalue weighted by Crippen LogP contribution is 2.41. The van der Waals surface area contributed by atoms with Crippen LogP contribution in [0.5, 0.6) is 0 Å². The summed E-state index contributed by atoms with van der Waals surface area (Å²) in [7, 11) is 1.88. The van der Waals surface area contributed by atoms with Crippen molar-refractivity contribution >= 4 is 28.1 Å². The SMILES string of the molecule is CCN1CCN(c2ccc3c(C)c(C(=O)CC4C(C=C(C#N)C#N)=CN(C)c5ccccc54)c(=O)oc3c2)CC1. The number of nitriles is 2. The second-order valence-electron chi connectivity index (χ2n) is 10.3. The van der Waals surface area contributed by atoms with Gasteiger partial charge >= 0.3 is 5.63 Å². The molecule has 0 radical (unpaired) electrons. The molecular weight excluding hydrogens is 502 g/mol. The predicted octanol–water partition coefficient (Wildman–Crippen LogP) is 4.91. The van der Waals surface area contributed by atoms with Gasteiger partial charge in [-0.15, -0.1) is 0 Å². The molecule has 0 saturated carbocycles. The van der Waals surface area contributed by atoms with E-state index >= 15 is 0 Å². The zero-order chi connectivity index (χ0) is 28.4. The van der Waals surface area contributed by atoms with Crippen molar-refractivity contribution in [3.05, 3.63) is 93.0 Å². The Balaban J connectivity index is 1.49. The van der Waals surface area contributed by atoms with E-state index in [2.05, 4.69) is 16.7 Å². The van der Waals surface area contributed by atoms with E-state index in [1.54, 1.807) is 6.92 Å². The lowest BCUT2D eigenvalue weighted by molar-refractivity contribution is 0.0973. The zero-order valence-corrected chi connectivity index (χ0v) is 23.0. The van der Waals surface area contributed by atoms with E-state index in [0.29, 0.717) is 16.7 Å². The minimum atomic E-state index is -0.653. The molecule has 0 bridgehead atoms. The Labute approximate surface area is 233 Å². The summed E-state index contributed by atoms with van der Waals surface area (Å²) in [6, 6.07) is 17.3. The standard InChI is InChI=1S/C32H31N5O3/c1-4-36-11-13-37(14-12-36)24-9-10-25-21(2)31(32(39)40-30(25)16-24)29(38)17-27-23(15-22(18-33)19-34)20-35(3)28-8-6-5-7-26(27)28/h5-10,15-16,20,27H,4,11-14,17H2,1-3H3. The summed E-state index contributed by atoms with van der Waals surface area (Å²) in [6.45, 7) is 8.76. The molecular formula is C32H31N5O3. The van der Waals surface area contributed by atoms with Gasteiger partial charge in [0.25, 0.3) is 0 Å². The number of piperazine rings is 1. The van der Waals surface area contributed by atoms with Gasteiger partial charge in [0.1, 0.15) is 28.9 Å². The van der Waals surface area contributed by atoms with Crippen LogP contribution in [0.15, 0.2) is 75.1 Å². The first-order chi connectivity index (χ1) is 19.3. The first kappa shape index (κ1) is 26.9. The number of ketones is 1. The summed E-state index contributed by atoms with van der Waals surface area (Å²) in [5.74, 6) is -0.776. The van der Waals surface area contributed by atoms with Crippen molar-refractivity contribution in [1.82, 2.24) is 4.90 Å². The number of hydrogen-bond donors (Lipinski definition) is 0. The molecule has 2 aliphatic heterocycles. The third-order valence-electron chi connectivity index (χ3n) is 7.99. The molecule has 1 fully saturated rings. The number of fused-ring (bicyclic) bond motifs is 2. The largest absolute Gasteiger partial charge is 0.422 e.